The standard InChI is InChI=1S/C46H96P2/c1-5-9-13-17-23-29-35-41-47(42-36-30-24-18-14-10-6-2)45-39-33-27-21-22-28-34-40-46-48(43-37-31-25-19-15-11-7-3)44-38-32-26-20-16-12-8-4/h5-46H2,1-4H3. The van der Waals surface area contributed by atoms with E-state index in [4.69, 9.17) is 0 Å². The second-order valence-electron chi connectivity index (χ2n) is 16.0. The maximum Gasteiger partial charge on any atom is -0.0326 e. The smallest absolute Gasteiger partial charge is 0.0326 e. The minimum absolute atomic E-state index is 0.327. The Morgan fingerprint density at radius 2 is 0.292 bits per heavy atom. The van der Waals surface area contributed by atoms with Crippen LogP contribution in [-0.2, 0) is 0 Å². The van der Waals surface area contributed by atoms with Crippen molar-refractivity contribution in [1.29, 1.82) is 0 Å². The molecule has 0 aliphatic carbocycles. The molecule has 0 unspecified atom stereocenters. The molecule has 0 heterocycles. The molecule has 0 atom stereocenters. The van der Waals surface area contributed by atoms with E-state index in [0.717, 1.165) is 0 Å². The van der Waals surface area contributed by atoms with E-state index in [2.05, 4.69) is 27.7 Å². The second-order valence-corrected chi connectivity index (χ2v) is 21.4. The molecule has 0 saturated heterocycles. The maximum atomic E-state index is 2.34. The van der Waals surface area contributed by atoms with Crippen LogP contribution in [-0.4, -0.2) is 37.0 Å². The van der Waals surface area contributed by atoms with Crippen LogP contribution in [0, 0.1) is 0 Å². The predicted octanol–water partition coefficient (Wildman–Crippen LogP) is 18.1. The van der Waals surface area contributed by atoms with Crippen molar-refractivity contribution in [2.24, 2.45) is 0 Å². The highest BCUT2D eigenvalue weighted by molar-refractivity contribution is 7.57. The summed E-state index contributed by atoms with van der Waals surface area (Å²) in [4.78, 5) is 0. The van der Waals surface area contributed by atoms with Crippen molar-refractivity contribution in [3.8, 4) is 0 Å². The van der Waals surface area contributed by atoms with Crippen molar-refractivity contribution < 1.29 is 0 Å². The highest BCUT2D eigenvalue weighted by atomic mass is 31.1. The fourth-order valence-corrected chi connectivity index (χ4v) is 12.9. The van der Waals surface area contributed by atoms with Crippen molar-refractivity contribution in [3.05, 3.63) is 0 Å². The second kappa shape index (κ2) is 44.0. The van der Waals surface area contributed by atoms with Crippen molar-refractivity contribution in [2.45, 2.75) is 259 Å². The summed E-state index contributed by atoms with van der Waals surface area (Å²) < 4.78 is 0. The molecule has 0 aliphatic rings. The molecule has 2 heteroatoms. The van der Waals surface area contributed by atoms with Gasteiger partial charge < -0.3 is 0 Å². The summed E-state index contributed by atoms with van der Waals surface area (Å²) in [6.45, 7) is 9.35. The van der Waals surface area contributed by atoms with Gasteiger partial charge >= 0.3 is 0 Å². The van der Waals surface area contributed by atoms with Gasteiger partial charge in [-0.25, -0.2) is 0 Å². The molecule has 48 heavy (non-hydrogen) atoms. The third kappa shape index (κ3) is 39.6. The van der Waals surface area contributed by atoms with Crippen LogP contribution in [0.1, 0.15) is 259 Å². The number of hydrogen-bond donors (Lipinski definition) is 0. The van der Waals surface area contributed by atoms with Crippen LogP contribution in [0.2, 0.25) is 0 Å². The predicted molar refractivity (Wildman–Crippen MR) is 232 cm³/mol. The van der Waals surface area contributed by atoms with E-state index < -0.39 is 0 Å². The Kier molecular flexibility index (Phi) is 44.8. The Morgan fingerprint density at radius 3 is 0.438 bits per heavy atom. The normalized spacial score (nSPS) is 11.9. The van der Waals surface area contributed by atoms with Gasteiger partial charge in [0, 0.05) is 0 Å². The molecule has 0 nitrogen and oxygen atoms in total. The lowest BCUT2D eigenvalue weighted by Gasteiger charge is -2.18. The van der Waals surface area contributed by atoms with Crippen molar-refractivity contribution >= 4 is 15.8 Å². The van der Waals surface area contributed by atoms with Gasteiger partial charge in [0.25, 0.3) is 0 Å². The van der Waals surface area contributed by atoms with E-state index in [0.29, 0.717) is 15.8 Å². The molecule has 0 aromatic heterocycles. The van der Waals surface area contributed by atoms with E-state index in [9.17, 15) is 0 Å². The molecule has 0 radical (unpaired) electrons. The first kappa shape index (κ1) is 48.9. The molecule has 0 N–H and O–H groups in total. The van der Waals surface area contributed by atoms with Gasteiger partial charge in [-0.3, -0.25) is 0 Å². The quantitative estimate of drug-likeness (QED) is 0.0436. The molecule has 0 saturated carbocycles. The first-order valence-corrected chi connectivity index (χ1v) is 27.0. The van der Waals surface area contributed by atoms with Gasteiger partial charge in [-0.15, -0.1) is 15.8 Å². The van der Waals surface area contributed by atoms with Crippen LogP contribution in [0.3, 0.4) is 0 Å². The molecule has 0 rings (SSSR count). The summed E-state index contributed by atoms with van der Waals surface area (Å²) in [7, 11) is 0.655. The molecule has 0 aromatic carbocycles. The van der Waals surface area contributed by atoms with Crippen LogP contribution in [0.5, 0.6) is 0 Å². The zero-order valence-electron chi connectivity index (χ0n) is 34.6. The molecule has 0 spiro atoms. The number of hydrogen-bond acceptors (Lipinski definition) is 0. The highest BCUT2D eigenvalue weighted by Crippen LogP contribution is 2.40. The fraction of sp³-hybridized carbons (Fsp3) is 1.00. The monoisotopic (exact) mass is 711 g/mol. The summed E-state index contributed by atoms with van der Waals surface area (Å²) in [6.07, 6.45) is 63.1. The molecule has 0 aromatic rings. The van der Waals surface area contributed by atoms with E-state index in [-0.39, 0.29) is 0 Å². The number of unbranched alkanes of at least 4 members (excludes halogenated alkanes) is 31. The van der Waals surface area contributed by atoms with Crippen LogP contribution in [0.4, 0.5) is 0 Å². The maximum absolute atomic E-state index is 2.34. The lowest BCUT2D eigenvalue weighted by atomic mass is 10.1. The Bertz CT molecular complexity index is 464. The van der Waals surface area contributed by atoms with Crippen LogP contribution >= 0.6 is 15.8 Å². The van der Waals surface area contributed by atoms with Gasteiger partial charge in [0.05, 0.1) is 0 Å². The summed E-state index contributed by atoms with van der Waals surface area (Å²) in [5, 5.41) is 0. The molecular weight excluding hydrogens is 614 g/mol. The molecule has 0 amide bonds. The first-order valence-electron chi connectivity index (χ1n) is 23.2. The average molecular weight is 711 g/mol. The Hall–Kier alpha value is 0.860. The van der Waals surface area contributed by atoms with Crippen molar-refractivity contribution in [3.63, 3.8) is 0 Å². The van der Waals surface area contributed by atoms with Crippen LogP contribution in [0.15, 0.2) is 0 Å². The SMILES string of the molecule is CCCCCCCCCP(CCCCCCCCC)CCCCCCCCCCP(CCCCCCCCC)CCCCCCCCC. The van der Waals surface area contributed by atoms with Crippen molar-refractivity contribution in [1.82, 2.24) is 0 Å². The van der Waals surface area contributed by atoms with Gasteiger partial charge in [0.1, 0.15) is 0 Å². The van der Waals surface area contributed by atoms with Crippen LogP contribution in [0.25, 0.3) is 0 Å². The molecular formula is C46H96P2. The topological polar surface area (TPSA) is 0 Å². The molecule has 0 fully saturated rings. The molecule has 0 aliphatic heterocycles. The van der Waals surface area contributed by atoms with E-state index >= 15 is 0 Å². The largest absolute Gasteiger partial charge is 0.107 e. The van der Waals surface area contributed by atoms with Gasteiger partial charge in [0.15, 0.2) is 0 Å². The zero-order chi connectivity index (χ0) is 34.9. The summed E-state index contributed by atoms with van der Waals surface area (Å²) in [5.41, 5.74) is 0. The molecule has 0 bridgehead atoms. The average Bonchev–Trinajstić information content (AvgIpc) is 3.10. The lowest BCUT2D eigenvalue weighted by molar-refractivity contribution is 0.585. The first-order chi connectivity index (χ1) is 23.8. The van der Waals surface area contributed by atoms with Crippen LogP contribution < -0.4 is 0 Å². The Morgan fingerprint density at radius 1 is 0.167 bits per heavy atom. The zero-order valence-corrected chi connectivity index (χ0v) is 36.4. The lowest BCUT2D eigenvalue weighted by Crippen LogP contribution is -1.98. The minimum Gasteiger partial charge on any atom is -0.107 e. The van der Waals surface area contributed by atoms with Gasteiger partial charge in [-0.2, -0.15) is 0 Å². The molecule has 290 valence electrons. The minimum atomic E-state index is 0.327. The van der Waals surface area contributed by atoms with E-state index in [1.54, 1.807) is 49.8 Å². The Balaban J connectivity index is 4.11. The van der Waals surface area contributed by atoms with Gasteiger partial charge in [-0.1, -0.05) is 220 Å². The summed E-state index contributed by atoms with van der Waals surface area (Å²) in [6, 6.07) is 0. The summed E-state index contributed by atoms with van der Waals surface area (Å²) in [5.74, 6) is 0. The number of rotatable bonds is 43. The fourth-order valence-electron chi connectivity index (χ4n) is 7.57. The van der Waals surface area contributed by atoms with Gasteiger partial charge in [-0.05, 0) is 75.5 Å². The van der Waals surface area contributed by atoms with Crippen molar-refractivity contribution in [2.75, 3.05) is 37.0 Å². The highest BCUT2D eigenvalue weighted by Gasteiger charge is 2.09. The summed E-state index contributed by atoms with van der Waals surface area (Å²) >= 11 is 0. The van der Waals surface area contributed by atoms with E-state index in [1.165, 1.54) is 218 Å². The van der Waals surface area contributed by atoms with Gasteiger partial charge in [0.2, 0.25) is 0 Å². The third-order valence-electron chi connectivity index (χ3n) is 11.0. The Labute approximate surface area is 310 Å². The van der Waals surface area contributed by atoms with E-state index in [1.807, 2.05) is 0 Å². The third-order valence-corrected chi connectivity index (χ3v) is 16.7.